The van der Waals surface area contributed by atoms with E-state index in [2.05, 4.69) is 30.1 Å². The molecule has 12 heavy (non-hydrogen) atoms. The summed E-state index contributed by atoms with van der Waals surface area (Å²) in [5.41, 5.74) is 3.68. The van der Waals surface area contributed by atoms with Crippen molar-refractivity contribution >= 4 is 5.71 Å². The zero-order valence-electron chi connectivity index (χ0n) is 7.12. The van der Waals surface area contributed by atoms with Crippen LogP contribution in [0.1, 0.15) is 12.5 Å². The highest BCUT2D eigenvalue weighted by atomic mass is 14.8. The van der Waals surface area contributed by atoms with Gasteiger partial charge in [0.1, 0.15) is 0 Å². The Morgan fingerprint density at radius 3 is 2.50 bits per heavy atom. The number of aliphatic imine (C=N–C) groups is 1. The van der Waals surface area contributed by atoms with E-state index in [1.165, 1.54) is 11.1 Å². The highest BCUT2D eigenvalue weighted by Crippen LogP contribution is 2.10. The molecule has 1 nitrogen and oxygen atoms in total. The van der Waals surface area contributed by atoms with Crippen LogP contribution in [0, 0.1) is 0 Å². The Hall–Kier alpha value is -1.37. The number of hydrogen-bond donors (Lipinski definition) is 0. The van der Waals surface area contributed by atoms with Gasteiger partial charge in [-0.1, -0.05) is 30.3 Å². The van der Waals surface area contributed by atoms with Crippen LogP contribution in [0.3, 0.4) is 0 Å². The standard InChI is InChI=1S/C11H11N/c1-9-7-11(12-8-9)10-5-3-2-4-6-10/h2-7H,8H2,1H3. The first-order valence-electron chi connectivity index (χ1n) is 4.13. The van der Waals surface area contributed by atoms with Crippen molar-refractivity contribution in [3.63, 3.8) is 0 Å². The highest BCUT2D eigenvalue weighted by molar-refractivity contribution is 6.10. The fraction of sp³-hybridized carbons (Fsp3) is 0.182. The zero-order valence-corrected chi connectivity index (χ0v) is 7.12. The lowest BCUT2D eigenvalue weighted by Crippen LogP contribution is -1.92. The molecule has 1 aromatic carbocycles. The molecular weight excluding hydrogens is 146 g/mol. The van der Waals surface area contributed by atoms with Gasteiger partial charge in [-0.05, 0) is 24.1 Å². The Bertz CT molecular complexity index is 333. The number of nitrogens with zero attached hydrogens (tertiary/aromatic N) is 1. The van der Waals surface area contributed by atoms with Gasteiger partial charge in [-0.15, -0.1) is 0 Å². The van der Waals surface area contributed by atoms with E-state index in [0.717, 1.165) is 12.3 Å². The molecule has 0 radical (unpaired) electrons. The molecule has 0 saturated heterocycles. The lowest BCUT2D eigenvalue weighted by atomic mass is 10.1. The molecule has 0 saturated carbocycles. The van der Waals surface area contributed by atoms with E-state index in [-0.39, 0.29) is 0 Å². The Labute approximate surface area is 72.5 Å². The summed E-state index contributed by atoms with van der Waals surface area (Å²) in [7, 11) is 0. The van der Waals surface area contributed by atoms with Crippen molar-refractivity contribution in [2.45, 2.75) is 6.92 Å². The minimum Gasteiger partial charge on any atom is -0.280 e. The van der Waals surface area contributed by atoms with Gasteiger partial charge in [0, 0.05) is 0 Å². The molecule has 1 aliphatic rings. The lowest BCUT2D eigenvalue weighted by Gasteiger charge is -1.95. The van der Waals surface area contributed by atoms with Gasteiger partial charge >= 0.3 is 0 Å². The minimum absolute atomic E-state index is 0.865. The molecule has 0 aliphatic carbocycles. The molecule has 0 spiro atoms. The van der Waals surface area contributed by atoms with Crippen LogP contribution < -0.4 is 0 Å². The lowest BCUT2D eigenvalue weighted by molar-refractivity contribution is 1.18. The normalized spacial score (nSPS) is 15.8. The van der Waals surface area contributed by atoms with E-state index in [4.69, 9.17) is 0 Å². The van der Waals surface area contributed by atoms with Gasteiger partial charge < -0.3 is 0 Å². The van der Waals surface area contributed by atoms with Crippen LogP contribution in [0.2, 0.25) is 0 Å². The van der Waals surface area contributed by atoms with Crippen LogP contribution in [0.4, 0.5) is 0 Å². The third-order valence-corrected chi connectivity index (χ3v) is 1.95. The molecule has 2 rings (SSSR count). The van der Waals surface area contributed by atoms with E-state index >= 15 is 0 Å². The van der Waals surface area contributed by atoms with Crippen molar-refractivity contribution in [1.29, 1.82) is 0 Å². The summed E-state index contributed by atoms with van der Waals surface area (Å²) in [5, 5.41) is 0. The molecule has 0 amide bonds. The molecule has 1 aromatic rings. The largest absolute Gasteiger partial charge is 0.280 e. The van der Waals surface area contributed by atoms with Crippen LogP contribution in [0.25, 0.3) is 0 Å². The van der Waals surface area contributed by atoms with E-state index < -0.39 is 0 Å². The topological polar surface area (TPSA) is 12.4 Å². The van der Waals surface area contributed by atoms with Crippen molar-refractivity contribution in [3.8, 4) is 0 Å². The molecule has 0 atom stereocenters. The minimum atomic E-state index is 0.865. The summed E-state index contributed by atoms with van der Waals surface area (Å²) in [5.74, 6) is 0. The van der Waals surface area contributed by atoms with Crippen molar-refractivity contribution in [2.24, 2.45) is 4.99 Å². The average Bonchev–Trinajstić information content (AvgIpc) is 2.54. The van der Waals surface area contributed by atoms with Gasteiger partial charge in [-0.3, -0.25) is 4.99 Å². The van der Waals surface area contributed by atoms with Gasteiger partial charge in [0.2, 0.25) is 0 Å². The highest BCUT2D eigenvalue weighted by Gasteiger charge is 2.05. The fourth-order valence-corrected chi connectivity index (χ4v) is 1.32. The Morgan fingerprint density at radius 2 is 1.92 bits per heavy atom. The molecule has 0 bridgehead atoms. The van der Waals surface area contributed by atoms with Gasteiger partial charge in [0.25, 0.3) is 0 Å². The van der Waals surface area contributed by atoms with E-state index in [1.807, 2.05) is 18.2 Å². The van der Waals surface area contributed by atoms with E-state index in [9.17, 15) is 0 Å². The zero-order chi connectivity index (χ0) is 8.39. The first kappa shape index (κ1) is 7.29. The van der Waals surface area contributed by atoms with Crippen LogP contribution >= 0.6 is 0 Å². The maximum Gasteiger partial charge on any atom is 0.0650 e. The molecule has 0 aromatic heterocycles. The van der Waals surface area contributed by atoms with Gasteiger partial charge in [-0.25, -0.2) is 0 Å². The maximum absolute atomic E-state index is 4.41. The predicted molar refractivity (Wildman–Crippen MR) is 51.6 cm³/mol. The van der Waals surface area contributed by atoms with E-state index in [0.29, 0.717) is 0 Å². The number of benzene rings is 1. The summed E-state index contributed by atoms with van der Waals surface area (Å²) in [4.78, 5) is 4.41. The van der Waals surface area contributed by atoms with Gasteiger partial charge in [0.05, 0.1) is 12.3 Å². The van der Waals surface area contributed by atoms with E-state index in [1.54, 1.807) is 0 Å². The first-order valence-corrected chi connectivity index (χ1v) is 4.13. The molecule has 0 unspecified atom stereocenters. The number of hydrogen-bond acceptors (Lipinski definition) is 1. The Balaban J connectivity index is 2.34. The Kier molecular flexibility index (Phi) is 1.78. The third-order valence-electron chi connectivity index (χ3n) is 1.95. The molecule has 1 aliphatic heterocycles. The fourth-order valence-electron chi connectivity index (χ4n) is 1.32. The predicted octanol–water partition coefficient (Wildman–Crippen LogP) is 2.44. The summed E-state index contributed by atoms with van der Waals surface area (Å²) in [6, 6.07) is 10.3. The average molecular weight is 157 g/mol. The molecule has 60 valence electrons. The monoisotopic (exact) mass is 157 g/mol. The van der Waals surface area contributed by atoms with Crippen LogP contribution in [-0.2, 0) is 0 Å². The molecule has 1 heterocycles. The van der Waals surface area contributed by atoms with Crippen LogP contribution in [0.5, 0.6) is 0 Å². The second kappa shape index (κ2) is 2.94. The summed E-state index contributed by atoms with van der Waals surface area (Å²) in [6.07, 6.45) is 2.15. The second-order valence-corrected chi connectivity index (χ2v) is 3.06. The van der Waals surface area contributed by atoms with Crippen LogP contribution in [0.15, 0.2) is 47.0 Å². The van der Waals surface area contributed by atoms with Crippen molar-refractivity contribution in [2.75, 3.05) is 6.54 Å². The summed E-state index contributed by atoms with van der Waals surface area (Å²) >= 11 is 0. The quantitative estimate of drug-likeness (QED) is 0.593. The van der Waals surface area contributed by atoms with Crippen molar-refractivity contribution in [3.05, 3.63) is 47.5 Å². The van der Waals surface area contributed by atoms with Crippen molar-refractivity contribution < 1.29 is 0 Å². The van der Waals surface area contributed by atoms with Gasteiger partial charge in [0.15, 0.2) is 0 Å². The molecular formula is C11H11N. The number of rotatable bonds is 1. The smallest absolute Gasteiger partial charge is 0.0650 e. The third kappa shape index (κ3) is 1.30. The second-order valence-electron chi connectivity index (χ2n) is 3.06. The summed E-state index contributed by atoms with van der Waals surface area (Å²) in [6.45, 7) is 2.98. The molecule has 1 heteroatoms. The van der Waals surface area contributed by atoms with Crippen molar-refractivity contribution in [1.82, 2.24) is 0 Å². The summed E-state index contributed by atoms with van der Waals surface area (Å²) < 4.78 is 0. The molecule has 0 fully saturated rings. The van der Waals surface area contributed by atoms with Crippen LogP contribution in [-0.4, -0.2) is 12.3 Å². The van der Waals surface area contributed by atoms with Gasteiger partial charge in [-0.2, -0.15) is 0 Å². The number of allylic oxidation sites excluding steroid dienone is 1. The first-order chi connectivity index (χ1) is 5.86. The SMILES string of the molecule is CC1=CC(c2ccccc2)=NC1. The maximum atomic E-state index is 4.41. The molecule has 0 N–H and O–H groups in total. The Morgan fingerprint density at radius 1 is 1.17 bits per heavy atom.